The van der Waals surface area contributed by atoms with Crippen LogP contribution in [0.1, 0.15) is 5.69 Å². The van der Waals surface area contributed by atoms with Gasteiger partial charge in [-0.3, -0.25) is 5.10 Å². The average molecular weight is 274 g/mol. The van der Waals surface area contributed by atoms with Crippen LogP contribution in [0.3, 0.4) is 0 Å². The number of nitrogens with one attached hydrogen (secondary N) is 1. The van der Waals surface area contributed by atoms with Gasteiger partial charge >= 0.3 is 0 Å². The molecule has 2 aromatic heterocycles. The van der Waals surface area contributed by atoms with Crippen LogP contribution in [-0.2, 0) is 7.05 Å². The molecule has 0 bridgehead atoms. The van der Waals surface area contributed by atoms with E-state index in [-0.39, 0.29) is 5.56 Å². The van der Waals surface area contributed by atoms with Crippen LogP contribution in [0.4, 0.5) is 8.78 Å². The maximum Gasteiger partial charge on any atom is 0.158 e. The third-order valence-corrected chi connectivity index (χ3v) is 3.03. The van der Waals surface area contributed by atoms with Crippen molar-refractivity contribution in [3.63, 3.8) is 0 Å². The zero-order valence-electron chi connectivity index (χ0n) is 11.0. The molecule has 0 radical (unpaired) electrons. The highest BCUT2D eigenvalue weighted by Crippen LogP contribution is 2.25. The Morgan fingerprint density at radius 3 is 2.65 bits per heavy atom. The molecule has 4 nitrogen and oxygen atoms in total. The van der Waals surface area contributed by atoms with Crippen molar-refractivity contribution in [3.05, 3.63) is 47.8 Å². The molecule has 0 aliphatic heterocycles. The fourth-order valence-corrected chi connectivity index (χ4v) is 2.08. The molecule has 6 heteroatoms. The monoisotopic (exact) mass is 274 g/mol. The Kier molecular flexibility index (Phi) is 2.85. The Balaban J connectivity index is 2.08. The van der Waals surface area contributed by atoms with Crippen molar-refractivity contribution in [2.45, 2.75) is 6.92 Å². The number of imidazole rings is 1. The number of hydrogen-bond acceptors (Lipinski definition) is 2. The number of aromatic nitrogens is 4. The highest BCUT2D eigenvalue weighted by atomic mass is 19.1. The summed E-state index contributed by atoms with van der Waals surface area (Å²) in [5.41, 5.74) is 2.31. The van der Waals surface area contributed by atoms with Gasteiger partial charge in [0.05, 0.1) is 11.4 Å². The molecule has 0 amide bonds. The van der Waals surface area contributed by atoms with E-state index in [1.807, 2.05) is 20.0 Å². The van der Waals surface area contributed by atoms with Crippen molar-refractivity contribution in [2.75, 3.05) is 0 Å². The van der Waals surface area contributed by atoms with Gasteiger partial charge in [-0.05, 0) is 25.1 Å². The molecule has 0 saturated heterocycles. The molecule has 0 atom stereocenters. The lowest BCUT2D eigenvalue weighted by Crippen LogP contribution is -1.90. The second-order valence-electron chi connectivity index (χ2n) is 4.61. The Morgan fingerprint density at radius 2 is 2.00 bits per heavy atom. The van der Waals surface area contributed by atoms with E-state index in [1.165, 1.54) is 12.1 Å². The first-order valence-electron chi connectivity index (χ1n) is 6.06. The molecule has 20 heavy (non-hydrogen) atoms. The summed E-state index contributed by atoms with van der Waals surface area (Å²) < 4.78 is 28.5. The summed E-state index contributed by atoms with van der Waals surface area (Å²) in [7, 11) is 1.81. The van der Waals surface area contributed by atoms with Crippen molar-refractivity contribution >= 4 is 0 Å². The van der Waals surface area contributed by atoms with Crippen LogP contribution in [0, 0.1) is 18.6 Å². The third kappa shape index (κ3) is 2.09. The van der Waals surface area contributed by atoms with Crippen LogP contribution >= 0.6 is 0 Å². The van der Waals surface area contributed by atoms with Gasteiger partial charge in [-0.1, -0.05) is 0 Å². The van der Waals surface area contributed by atoms with Gasteiger partial charge in [0, 0.05) is 24.9 Å². The van der Waals surface area contributed by atoms with Crippen molar-refractivity contribution in [3.8, 4) is 22.8 Å². The number of benzene rings is 1. The number of halogens is 2. The predicted molar refractivity (Wildman–Crippen MR) is 70.9 cm³/mol. The normalized spacial score (nSPS) is 11.0. The van der Waals surface area contributed by atoms with Crippen LogP contribution in [0.25, 0.3) is 22.8 Å². The fraction of sp³-hybridized carbons (Fsp3) is 0.143. The van der Waals surface area contributed by atoms with Crippen LogP contribution in [0.5, 0.6) is 0 Å². The number of rotatable bonds is 2. The molecular formula is C14H12F2N4. The first-order valence-corrected chi connectivity index (χ1v) is 6.06. The van der Waals surface area contributed by atoms with Crippen molar-refractivity contribution in [1.82, 2.24) is 19.7 Å². The van der Waals surface area contributed by atoms with Gasteiger partial charge in [-0.2, -0.15) is 5.10 Å². The fourth-order valence-electron chi connectivity index (χ4n) is 2.08. The lowest BCUT2D eigenvalue weighted by molar-refractivity contribution is 0.585. The van der Waals surface area contributed by atoms with Crippen molar-refractivity contribution in [2.24, 2.45) is 7.05 Å². The smallest absolute Gasteiger partial charge is 0.158 e. The number of H-pyrrole nitrogens is 1. The summed E-state index contributed by atoms with van der Waals surface area (Å²) in [5.74, 6) is -0.591. The molecule has 3 aromatic rings. The average Bonchev–Trinajstić information content (AvgIpc) is 2.95. The Bertz CT molecular complexity index is 773. The Labute approximate surface area is 114 Å². The van der Waals surface area contributed by atoms with Crippen LogP contribution in [0.2, 0.25) is 0 Å². The highest BCUT2D eigenvalue weighted by molar-refractivity contribution is 5.64. The van der Waals surface area contributed by atoms with Crippen LogP contribution in [0.15, 0.2) is 30.5 Å². The largest absolute Gasteiger partial charge is 0.332 e. The summed E-state index contributed by atoms with van der Waals surface area (Å²) in [4.78, 5) is 4.38. The van der Waals surface area contributed by atoms with Gasteiger partial charge < -0.3 is 4.57 Å². The topological polar surface area (TPSA) is 46.5 Å². The molecule has 0 unspecified atom stereocenters. The summed E-state index contributed by atoms with van der Waals surface area (Å²) in [6.45, 7) is 1.86. The molecule has 0 spiro atoms. The van der Waals surface area contributed by atoms with Crippen LogP contribution < -0.4 is 0 Å². The molecule has 0 aliphatic carbocycles. The lowest BCUT2D eigenvalue weighted by Gasteiger charge is -1.98. The highest BCUT2D eigenvalue weighted by Gasteiger charge is 2.14. The molecule has 0 saturated carbocycles. The van der Waals surface area contributed by atoms with E-state index in [4.69, 9.17) is 0 Å². The van der Waals surface area contributed by atoms with E-state index in [1.54, 1.807) is 10.8 Å². The van der Waals surface area contributed by atoms with Gasteiger partial charge in [0.2, 0.25) is 0 Å². The SMILES string of the molecule is Cc1cc(-c2nc(-c3ccc(F)cc3F)cn2C)[nH]n1. The molecule has 102 valence electrons. The second-order valence-corrected chi connectivity index (χ2v) is 4.61. The first-order chi connectivity index (χ1) is 9.54. The molecule has 1 aromatic carbocycles. The summed E-state index contributed by atoms with van der Waals surface area (Å²) >= 11 is 0. The standard InChI is InChI=1S/C14H12F2N4/c1-8-5-12(19-18-8)14-17-13(7-20(14)2)10-4-3-9(15)6-11(10)16/h3-7H,1-2H3,(H,18,19). The minimum Gasteiger partial charge on any atom is -0.332 e. The van der Waals surface area contributed by atoms with Crippen molar-refractivity contribution < 1.29 is 8.78 Å². The molecule has 1 N–H and O–H groups in total. The molecule has 2 heterocycles. The van der Waals surface area contributed by atoms with E-state index in [0.29, 0.717) is 11.5 Å². The first kappa shape index (κ1) is 12.5. The van der Waals surface area contributed by atoms with E-state index < -0.39 is 11.6 Å². The van der Waals surface area contributed by atoms with Gasteiger partial charge in [0.1, 0.15) is 17.3 Å². The maximum absolute atomic E-state index is 13.8. The number of aryl methyl sites for hydroxylation is 2. The zero-order chi connectivity index (χ0) is 14.3. The summed E-state index contributed by atoms with van der Waals surface area (Å²) in [6.07, 6.45) is 1.70. The molecule has 3 rings (SSSR count). The number of aromatic amines is 1. The van der Waals surface area contributed by atoms with E-state index in [9.17, 15) is 8.78 Å². The van der Waals surface area contributed by atoms with Gasteiger partial charge in [0.15, 0.2) is 5.82 Å². The molecule has 0 fully saturated rings. The van der Waals surface area contributed by atoms with E-state index in [2.05, 4.69) is 15.2 Å². The predicted octanol–water partition coefficient (Wildman–Crippen LogP) is 3.06. The number of nitrogens with zero attached hydrogens (tertiary/aromatic N) is 3. The zero-order valence-corrected chi connectivity index (χ0v) is 11.0. The van der Waals surface area contributed by atoms with Gasteiger partial charge in [-0.15, -0.1) is 0 Å². The Hall–Kier alpha value is -2.50. The van der Waals surface area contributed by atoms with E-state index >= 15 is 0 Å². The van der Waals surface area contributed by atoms with Gasteiger partial charge in [0.25, 0.3) is 0 Å². The van der Waals surface area contributed by atoms with Crippen molar-refractivity contribution in [1.29, 1.82) is 0 Å². The summed E-state index contributed by atoms with van der Waals surface area (Å²) in [5, 5.41) is 6.91. The quantitative estimate of drug-likeness (QED) is 0.780. The van der Waals surface area contributed by atoms with E-state index in [0.717, 1.165) is 17.5 Å². The number of hydrogen-bond donors (Lipinski definition) is 1. The molecule has 0 aliphatic rings. The maximum atomic E-state index is 13.8. The Morgan fingerprint density at radius 1 is 1.20 bits per heavy atom. The lowest BCUT2D eigenvalue weighted by atomic mass is 10.1. The molecular weight excluding hydrogens is 262 g/mol. The minimum atomic E-state index is -0.629. The second kappa shape index (κ2) is 4.56. The van der Waals surface area contributed by atoms with Gasteiger partial charge in [-0.25, -0.2) is 13.8 Å². The minimum absolute atomic E-state index is 0.268. The summed E-state index contributed by atoms with van der Waals surface area (Å²) in [6, 6.07) is 5.30. The third-order valence-electron chi connectivity index (χ3n) is 3.03. The van der Waals surface area contributed by atoms with Crippen LogP contribution in [-0.4, -0.2) is 19.7 Å².